The van der Waals surface area contributed by atoms with E-state index in [0.29, 0.717) is 66.6 Å². The standard InChI is InChI=1S/C24H26FN7O3S/c1-35-21-6-4-17-22(29-21)15(16(25)13-26-17)7-10-31-8-2-9-32(12-11-31)30-24(34)18-3-5-19-23(27-18)28-20(33)14-36-19/h3-6,13H,2,7-12,14H2,1H3,(H,30,34)(H,27,28,33). The highest BCUT2D eigenvalue weighted by Crippen LogP contribution is 2.29. The van der Waals surface area contributed by atoms with Crippen LogP contribution in [0, 0.1) is 5.82 Å². The molecule has 0 aliphatic carbocycles. The number of ether oxygens (including phenoxy) is 1. The Kier molecular flexibility index (Phi) is 7.25. The van der Waals surface area contributed by atoms with Crippen LogP contribution >= 0.6 is 11.8 Å². The monoisotopic (exact) mass is 511 g/mol. The molecule has 0 aromatic carbocycles. The first kappa shape index (κ1) is 24.3. The zero-order valence-corrected chi connectivity index (χ0v) is 20.6. The van der Waals surface area contributed by atoms with Crippen molar-refractivity contribution >= 4 is 40.4 Å². The fourth-order valence-electron chi connectivity index (χ4n) is 4.30. The van der Waals surface area contributed by atoms with Gasteiger partial charge in [0.25, 0.3) is 5.91 Å². The van der Waals surface area contributed by atoms with Crippen LogP contribution in [0.3, 0.4) is 0 Å². The normalized spacial score (nSPS) is 16.8. The zero-order valence-electron chi connectivity index (χ0n) is 19.8. The second kappa shape index (κ2) is 10.7. The number of fused-ring (bicyclic) bond motifs is 2. The molecule has 10 nitrogen and oxygen atoms in total. The van der Waals surface area contributed by atoms with E-state index < -0.39 is 0 Å². The van der Waals surface area contributed by atoms with E-state index in [9.17, 15) is 14.0 Å². The van der Waals surface area contributed by atoms with Crippen molar-refractivity contribution in [1.82, 2.24) is 30.3 Å². The minimum atomic E-state index is -0.376. The molecule has 1 saturated heterocycles. The van der Waals surface area contributed by atoms with E-state index in [-0.39, 0.29) is 23.3 Å². The Labute approximate surface area is 211 Å². The summed E-state index contributed by atoms with van der Waals surface area (Å²) < 4.78 is 19.8. The van der Waals surface area contributed by atoms with Gasteiger partial charge < -0.3 is 15.0 Å². The first-order valence-corrected chi connectivity index (χ1v) is 12.7. The van der Waals surface area contributed by atoms with Gasteiger partial charge in [-0.05, 0) is 37.6 Å². The number of carbonyl (C=O) groups is 2. The number of rotatable bonds is 6. The van der Waals surface area contributed by atoms with Gasteiger partial charge in [-0.25, -0.2) is 19.4 Å². The van der Waals surface area contributed by atoms with Gasteiger partial charge in [-0.1, -0.05) is 0 Å². The molecule has 0 atom stereocenters. The van der Waals surface area contributed by atoms with Crippen LogP contribution in [0.1, 0.15) is 22.5 Å². The molecule has 188 valence electrons. The van der Waals surface area contributed by atoms with Gasteiger partial charge >= 0.3 is 0 Å². The lowest BCUT2D eigenvalue weighted by atomic mass is 10.1. The van der Waals surface area contributed by atoms with Gasteiger partial charge in [-0.15, -0.1) is 11.8 Å². The van der Waals surface area contributed by atoms with Crippen LogP contribution in [0.5, 0.6) is 5.88 Å². The van der Waals surface area contributed by atoms with Crippen LogP contribution in [-0.2, 0) is 11.2 Å². The highest BCUT2D eigenvalue weighted by atomic mass is 32.2. The van der Waals surface area contributed by atoms with Gasteiger partial charge in [0.15, 0.2) is 0 Å². The Hall–Kier alpha value is -3.35. The molecule has 2 N–H and O–H groups in total. The van der Waals surface area contributed by atoms with Crippen molar-refractivity contribution < 1.29 is 18.7 Å². The molecule has 1 fully saturated rings. The van der Waals surface area contributed by atoms with E-state index in [1.165, 1.54) is 25.1 Å². The SMILES string of the molecule is COc1ccc2ncc(F)c(CCN3CCCN(NC(=O)c4ccc5c(n4)NC(=O)CS5)CC3)c2n1. The van der Waals surface area contributed by atoms with Crippen LogP contribution in [-0.4, -0.2) is 82.3 Å². The van der Waals surface area contributed by atoms with E-state index in [1.807, 2.05) is 5.01 Å². The molecule has 2 aliphatic heterocycles. The summed E-state index contributed by atoms with van der Waals surface area (Å²) in [5.74, 6) is 0.375. The smallest absolute Gasteiger partial charge is 0.284 e. The first-order chi connectivity index (χ1) is 17.5. The van der Waals surface area contributed by atoms with Gasteiger partial charge in [-0.3, -0.25) is 20.0 Å². The van der Waals surface area contributed by atoms with Crippen molar-refractivity contribution in [2.75, 3.05) is 50.9 Å². The van der Waals surface area contributed by atoms with Crippen molar-refractivity contribution in [3.05, 3.63) is 47.5 Å². The predicted molar refractivity (Wildman–Crippen MR) is 133 cm³/mol. The maximum atomic E-state index is 14.6. The van der Waals surface area contributed by atoms with Gasteiger partial charge in [0, 0.05) is 37.8 Å². The topological polar surface area (TPSA) is 113 Å². The van der Waals surface area contributed by atoms with Gasteiger partial charge in [0.2, 0.25) is 11.8 Å². The Morgan fingerprint density at radius 2 is 2.08 bits per heavy atom. The highest BCUT2D eigenvalue weighted by molar-refractivity contribution is 8.00. The van der Waals surface area contributed by atoms with E-state index in [4.69, 9.17) is 4.74 Å². The quantitative estimate of drug-likeness (QED) is 0.514. The molecule has 3 aromatic heterocycles. The Morgan fingerprint density at radius 3 is 2.94 bits per heavy atom. The lowest BCUT2D eigenvalue weighted by molar-refractivity contribution is -0.113. The largest absolute Gasteiger partial charge is 0.481 e. The number of hydrogen-bond acceptors (Lipinski definition) is 9. The minimum absolute atomic E-state index is 0.125. The number of methoxy groups -OCH3 is 1. The number of pyridine rings is 3. The van der Waals surface area contributed by atoms with E-state index in [1.54, 1.807) is 24.3 Å². The van der Waals surface area contributed by atoms with Crippen LogP contribution in [0.25, 0.3) is 11.0 Å². The second-order valence-corrected chi connectivity index (χ2v) is 9.58. The molecule has 5 heterocycles. The number of thioether (sulfide) groups is 1. The van der Waals surface area contributed by atoms with Crippen LogP contribution < -0.4 is 15.5 Å². The van der Waals surface area contributed by atoms with Crippen LogP contribution in [0.15, 0.2) is 35.4 Å². The summed E-state index contributed by atoms with van der Waals surface area (Å²) in [6, 6.07) is 6.96. The van der Waals surface area contributed by atoms with Crippen molar-refractivity contribution in [2.24, 2.45) is 0 Å². The maximum absolute atomic E-state index is 14.6. The molecular weight excluding hydrogens is 485 g/mol. The Morgan fingerprint density at radius 1 is 1.19 bits per heavy atom. The fourth-order valence-corrected chi connectivity index (χ4v) is 5.05. The average molecular weight is 512 g/mol. The minimum Gasteiger partial charge on any atom is -0.481 e. The van der Waals surface area contributed by atoms with Gasteiger partial charge in [0.1, 0.15) is 17.3 Å². The third-order valence-corrected chi connectivity index (χ3v) is 7.23. The molecule has 0 radical (unpaired) electrons. The summed E-state index contributed by atoms with van der Waals surface area (Å²) in [7, 11) is 1.53. The first-order valence-electron chi connectivity index (χ1n) is 11.7. The summed E-state index contributed by atoms with van der Waals surface area (Å²) in [5, 5.41) is 4.59. The fraction of sp³-hybridized carbons (Fsp3) is 0.375. The summed E-state index contributed by atoms with van der Waals surface area (Å²) >= 11 is 1.40. The number of nitrogens with one attached hydrogen (secondary N) is 2. The molecule has 2 aliphatic rings. The molecule has 2 amide bonds. The number of hydrogen-bond donors (Lipinski definition) is 2. The summed E-state index contributed by atoms with van der Waals surface area (Å²) in [6.45, 7) is 3.50. The van der Waals surface area contributed by atoms with Crippen LogP contribution in [0.2, 0.25) is 0 Å². The molecule has 36 heavy (non-hydrogen) atoms. The van der Waals surface area contributed by atoms with Crippen molar-refractivity contribution in [2.45, 2.75) is 17.7 Å². The molecule has 3 aromatic rings. The molecule has 12 heteroatoms. The Balaban J connectivity index is 1.19. The molecule has 0 unspecified atom stereocenters. The van der Waals surface area contributed by atoms with Crippen molar-refractivity contribution in [1.29, 1.82) is 0 Å². The average Bonchev–Trinajstić information content (AvgIpc) is 3.12. The Bertz CT molecular complexity index is 1310. The number of amides is 2. The number of aromatic nitrogens is 3. The number of anilines is 1. The van der Waals surface area contributed by atoms with Crippen molar-refractivity contribution in [3.63, 3.8) is 0 Å². The number of carbonyl (C=O) groups excluding carboxylic acids is 2. The van der Waals surface area contributed by atoms with Crippen LogP contribution in [0.4, 0.5) is 10.2 Å². The summed E-state index contributed by atoms with van der Waals surface area (Å²) in [4.78, 5) is 40.4. The lowest BCUT2D eigenvalue weighted by Crippen LogP contribution is -2.44. The highest BCUT2D eigenvalue weighted by Gasteiger charge is 2.22. The number of hydrazine groups is 1. The maximum Gasteiger partial charge on any atom is 0.284 e. The number of nitrogens with zero attached hydrogens (tertiary/aromatic N) is 5. The molecule has 0 saturated carbocycles. The summed E-state index contributed by atoms with van der Waals surface area (Å²) in [6.07, 6.45) is 2.57. The van der Waals surface area contributed by atoms with Gasteiger partial charge in [0.05, 0.1) is 35.0 Å². The molecule has 0 bridgehead atoms. The van der Waals surface area contributed by atoms with Crippen molar-refractivity contribution in [3.8, 4) is 5.88 Å². The third-order valence-electron chi connectivity index (χ3n) is 6.18. The molecule has 0 spiro atoms. The molecule has 5 rings (SSSR count). The van der Waals surface area contributed by atoms with E-state index >= 15 is 0 Å². The van der Waals surface area contributed by atoms with E-state index in [0.717, 1.165) is 17.9 Å². The summed E-state index contributed by atoms with van der Waals surface area (Å²) in [5.41, 5.74) is 4.85. The number of halogens is 1. The second-order valence-electron chi connectivity index (χ2n) is 8.56. The zero-order chi connectivity index (χ0) is 25.1. The van der Waals surface area contributed by atoms with Gasteiger partial charge in [-0.2, -0.15) is 0 Å². The molecular formula is C24H26FN7O3S. The lowest BCUT2D eigenvalue weighted by Gasteiger charge is -2.23. The predicted octanol–water partition coefficient (Wildman–Crippen LogP) is 2.11. The third kappa shape index (κ3) is 5.40. The van der Waals surface area contributed by atoms with E-state index in [2.05, 4.69) is 30.6 Å².